The van der Waals surface area contributed by atoms with E-state index in [1.807, 2.05) is 11.3 Å². The lowest BCUT2D eigenvalue weighted by atomic mass is 9.74. The first-order chi connectivity index (χ1) is 9.85. The average Bonchev–Trinajstić information content (AvgIpc) is 2.98. The highest BCUT2D eigenvalue weighted by atomic mass is 32.1. The van der Waals surface area contributed by atoms with Crippen LogP contribution in [-0.4, -0.2) is 18.2 Å². The van der Waals surface area contributed by atoms with Gasteiger partial charge in [0.1, 0.15) is 5.01 Å². The molecule has 2 heterocycles. The Bertz CT molecular complexity index is 543. The molecule has 2 aromatic rings. The fourth-order valence-electron chi connectivity index (χ4n) is 3.00. The molecule has 1 aromatic heterocycles. The van der Waals surface area contributed by atoms with Crippen molar-refractivity contribution in [2.24, 2.45) is 0 Å². The molecule has 1 fully saturated rings. The smallest absolute Gasteiger partial charge is 0.104 e. The van der Waals surface area contributed by atoms with Crippen molar-refractivity contribution in [3.05, 3.63) is 52.0 Å². The van der Waals surface area contributed by atoms with Crippen LogP contribution in [0.2, 0.25) is 0 Å². The zero-order valence-electron chi connectivity index (χ0n) is 12.0. The first-order valence-corrected chi connectivity index (χ1v) is 8.31. The van der Waals surface area contributed by atoms with Gasteiger partial charge in [-0.3, -0.25) is 0 Å². The highest BCUT2D eigenvalue weighted by Gasteiger charge is 2.38. The Morgan fingerprint density at radius 1 is 1.20 bits per heavy atom. The zero-order chi connectivity index (χ0) is 13.8. The van der Waals surface area contributed by atoms with Crippen molar-refractivity contribution in [3.8, 4) is 0 Å². The van der Waals surface area contributed by atoms with Crippen molar-refractivity contribution in [2.45, 2.75) is 38.0 Å². The number of hydrogen-bond acceptors (Lipinski definition) is 3. The van der Waals surface area contributed by atoms with Gasteiger partial charge in [0.05, 0.1) is 11.1 Å². The summed E-state index contributed by atoms with van der Waals surface area (Å²) in [4.78, 5) is 4.94. The summed E-state index contributed by atoms with van der Waals surface area (Å²) in [5.41, 5.74) is 2.70. The number of ether oxygens (including phenoxy) is 1. The number of hydrogen-bond donors (Lipinski definition) is 0. The lowest BCUT2D eigenvalue weighted by Crippen LogP contribution is -2.35. The molecular formula is C17H21NOS. The van der Waals surface area contributed by atoms with Crippen molar-refractivity contribution in [1.82, 2.24) is 4.98 Å². The summed E-state index contributed by atoms with van der Waals surface area (Å²) >= 11 is 1.82. The second kappa shape index (κ2) is 6.06. The van der Waals surface area contributed by atoms with Gasteiger partial charge in [-0.1, -0.05) is 43.7 Å². The summed E-state index contributed by atoms with van der Waals surface area (Å²) in [6, 6.07) is 10.8. The van der Waals surface area contributed by atoms with E-state index < -0.39 is 0 Å². The van der Waals surface area contributed by atoms with Gasteiger partial charge in [0.2, 0.25) is 0 Å². The lowest BCUT2D eigenvalue weighted by Gasteiger charge is -2.36. The summed E-state index contributed by atoms with van der Waals surface area (Å²) < 4.78 is 5.60. The Balaban J connectivity index is 2.00. The van der Waals surface area contributed by atoms with Gasteiger partial charge in [-0.05, 0) is 24.8 Å². The second-order valence-electron chi connectivity index (χ2n) is 5.45. The Morgan fingerprint density at radius 3 is 2.65 bits per heavy atom. The van der Waals surface area contributed by atoms with Crippen molar-refractivity contribution < 1.29 is 4.74 Å². The van der Waals surface area contributed by atoms with Gasteiger partial charge in [-0.15, -0.1) is 11.3 Å². The molecule has 0 spiro atoms. The maximum Gasteiger partial charge on any atom is 0.104 e. The van der Waals surface area contributed by atoms with E-state index in [1.165, 1.54) is 16.3 Å². The van der Waals surface area contributed by atoms with Gasteiger partial charge in [0.15, 0.2) is 0 Å². The third-order valence-electron chi connectivity index (χ3n) is 4.14. The molecule has 0 aliphatic carbocycles. The maximum atomic E-state index is 5.60. The number of benzene rings is 1. The quantitative estimate of drug-likeness (QED) is 0.841. The van der Waals surface area contributed by atoms with E-state index in [4.69, 9.17) is 9.72 Å². The van der Waals surface area contributed by atoms with E-state index in [1.54, 1.807) is 0 Å². The molecule has 2 nitrogen and oxygen atoms in total. The van der Waals surface area contributed by atoms with Gasteiger partial charge < -0.3 is 4.74 Å². The second-order valence-corrected chi connectivity index (χ2v) is 6.31. The molecule has 0 radical (unpaired) electrons. The molecule has 1 aromatic carbocycles. The van der Waals surface area contributed by atoms with E-state index in [9.17, 15) is 0 Å². The van der Waals surface area contributed by atoms with Crippen LogP contribution in [0, 0.1) is 0 Å². The van der Waals surface area contributed by atoms with Crippen LogP contribution >= 0.6 is 11.3 Å². The first kappa shape index (κ1) is 13.8. The minimum atomic E-state index is 0.0656. The topological polar surface area (TPSA) is 22.1 Å². The summed E-state index contributed by atoms with van der Waals surface area (Å²) in [5, 5.41) is 3.51. The highest BCUT2D eigenvalue weighted by molar-refractivity contribution is 7.09. The largest absolute Gasteiger partial charge is 0.381 e. The molecule has 0 atom stereocenters. The number of rotatable bonds is 4. The molecule has 0 saturated carbocycles. The minimum Gasteiger partial charge on any atom is -0.381 e. The molecular weight excluding hydrogens is 266 g/mol. The predicted molar refractivity (Wildman–Crippen MR) is 83.4 cm³/mol. The summed E-state index contributed by atoms with van der Waals surface area (Å²) in [7, 11) is 0. The van der Waals surface area contributed by atoms with Crippen LogP contribution in [0.5, 0.6) is 0 Å². The Labute approximate surface area is 124 Å². The van der Waals surface area contributed by atoms with Gasteiger partial charge in [-0.25, -0.2) is 4.98 Å². The van der Waals surface area contributed by atoms with Gasteiger partial charge in [-0.2, -0.15) is 0 Å². The Morgan fingerprint density at radius 2 is 1.95 bits per heavy atom. The van der Waals surface area contributed by atoms with Crippen LogP contribution < -0.4 is 0 Å². The zero-order valence-corrected chi connectivity index (χ0v) is 12.8. The van der Waals surface area contributed by atoms with Crippen molar-refractivity contribution in [3.63, 3.8) is 0 Å². The molecule has 0 bridgehead atoms. The fraction of sp³-hybridized carbons (Fsp3) is 0.471. The molecule has 0 N–H and O–H groups in total. The number of aromatic nitrogens is 1. The van der Waals surface area contributed by atoms with E-state index in [-0.39, 0.29) is 5.41 Å². The van der Waals surface area contributed by atoms with E-state index in [0.717, 1.165) is 38.9 Å². The molecule has 0 amide bonds. The van der Waals surface area contributed by atoms with Crippen molar-refractivity contribution >= 4 is 11.3 Å². The summed E-state index contributed by atoms with van der Waals surface area (Å²) in [5.74, 6) is 0. The third-order valence-corrected chi connectivity index (χ3v) is 5.24. The van der Waals surface area contributed by atoms with Crippen LogP contribution in [0.4, 0.5) is 0 Å². The Hall–Kier alpha value is -1.19. The average molecular weight is 287 g/mol. The number of aryl methyl sites for hydroxylation is 1. The maximum absolute atomic E-state index is 5.60. The number of thiazole rings is 1. The molecule has 1 aliphatic heterocycles. The standard InChI is InChI=1S/C17H21NOS/c1-2-6-15-13-20-16(18-15)17(9-11-19-12-10-17)14-7-4-3-5-8-14/h3-5,7-8,13H,2,6,9-12H2,1H3. The minimum absolute atomic E-state index is 0.0656. The molecule has 0 unspecified atom stereocenters. The fourth-order valence-corrected chi connectivity index (χ4v) is 4.14. The van der Waals surface area contributed by atoms with Crippen LogP contribution in [0.1, 0.15) is 42.5 Å². The van der Waals surface area contributed by atoms with Crippen molar-refractivity contribution in [1.29, 1.82) is 0 Å². The molecule has 3 heteroatoms. The normalized spacial score (nSPS) is 18.1. The molecule has 106 valence electrons. The SMILES string of the molecule is CCCc1csc(C2(c3ccccc3)CCOCC2)n1. The summed E-state index contributed by atoms with van der Waals surface area (Å²) in [6.45, 7) is 3.87. The van der Waals surface area contributed by atoms with E-state index in [2.05, 4.69) is 42.6 Å². The van der Waals surface area contributed by atoms with Gasteiger partial charge in [0, 0.05) is 18.6 Å². The van der Waals surface area contributed by atoms with Crippen molar-refractivity contribution in [2.75, 3.05) is 13.2 Å². The third kappa shape index (κ3) is 2.52. The van der Waals surface area contributed by atoms with Crippen LogP contribution in [-0.2, 0) is 16.6 Å². The van der Waals surface area contributed by atoms with Gasteiger partial charge in [0.25, 0.3) is 0 Å². The summed E-state index contributed by atoms with van der Waals surface area (Å²) in [6.07, 6.45) is 4.31. The van der Waals surface area contributed by atoms with Crippen LogP contribution in [0.25, 0.3) is 0 Å². The Kier molecular flexibility index (Phi) is 4.18. The molecule has 3 rings (SSSR count). The molecule has 1 aliphatic rings. The molecule has 20 heavy (non-hydrogen) atoms. The van der Waals surface area contributed by atoms with Crippen LogP contribution in [0.3, 0.4) is 0 Å². The van der Waals surface area contributed by atoms with Crippen LogP contribution in [0.15, 0.2) is 35.7 Å². The molecule has 1 saturated heterocycles. The van der Waals surface area contributed by atoms with Gasteiger partial charge >= 0.3 is 0 Å². The number of nitrogens with zero attached hydrogens (tertiary/aromatic N) is 1. The predicted octanol–water partition coefficient (Wildman–Crippen LogP) is 4.19. The monoisotopic (exact) mass is 287 g/mol. The first-order valence-electron chi connectivity index (χ1n) is 7.43. The van der Waals surface area contributed by atoms with E-state index in [0.29, 0.717) is 0 Å². The van der Waals surface area contributed by atoms with E-state index >= 15 is 0 Å². The highest BCUT2D eigenvalue weighted by Crippen LogP contribution is 2.42. The lowest BCUT2D eigenvalue weighted by molar-refractivity contribution is 0.0630.